The highest BCUT2D eigenvalue weighted by Gasteiger charge is 2.16. The molecule has 0 fully saturated rings. The molecule has 17 heavy (non-hydrogen) atoms. The van der Waals surface area contributed by atoms with E-state index in [4.69, 9.17) is 10.5 Å². The molecule has 90 valence electrons. The van der Waals surface area contributed by atoms with Crippen molar-refractivity contribution in [3.63, 3.8) is 0 Å². The molecular weight excluding hydrogens is 234 g/mol. The van der Waals surface area contributed by atoms with Gasteiger partial charge in [0.2, 0.25) is 0 Å². The zero-order valence-corrected chi connectivity index (χ0v) is 10.7. The Balaban J connectivity index is 2.33. The van der Waals surface area contributed by atoms with Crippen LogP contribution in [0.1, 0.15) is 29.1 Å². The highest BCUT2D eigenvalue weighted by molar-refractivity contribution is 7.05. The molecule has 5 heteroatoms. The van der Waals surface area contributed by atoms with Crippen molar-refractivity contribution in [1.82, 2.24) is 9.59 Å². The van der Waals surface area contributed by atoms with Gasteiger partial charge in [-0.2, -0.15) is 0 Å². The number of nitrogens with zero attached hydrogens (tertiary/aromatic N) is 2. The third-order valence-corrected chi connectivity index (χ3v) is 3.50. The van der Waals surface area contributed by atoms with E-state index in [-0.39, 0.29) is 6.04 Å². The lowest BCUT2D eigenvalue weighted by atomic mass is 10.0. The van der Waals surface area contributed by atoms with Crippen LogP contribution in [0.25, 0.3) is 0 Å². The standard InChI is InChI=1S/C12H15N3OS/c1-3-10-12(17-15-14-10)11(13)8-5-4-6-9(7-8)16-2/h4-7,11H,3,13H2,1-2H3. The van der Waals surface area contributed by atoms with Crippen LogP contribution in [0, 0.1) is 0 Å². The molecule has 1 aromatic heterocycles. The normalized spacial score (nSPS) is 12.4. The average molecular weight is 249 g/mol. The number of aromatic nitrogens is 2. The summed E-state index contributed by atoms with van der Waals surface area (Å²) in [4.78, 5) is 1.03. The summed E-state index contributed by atoms with van der Waals surface area (Å²) >= 11 is 1.36. The van der Waals surface area contributed by atoms with E-state index in [1.807, 2.05) is 24.3 Å². The molecule has 0 saturated carbocycles. The van der Waals surface area contributed by atoms with Crippen molar-refractivity contribution in [3.8, 4) is 5.75 Å². The number of benzene rings is 1. The minimum Gasteiger partial charge on any atom is -0.497 e. The van der Waals surface area contributed by atoms with Crippen molar-refractivity contribution in [2.75, 3.05) is 7.11 Å². The summed E-state index contributed by atoms with van der Waals surface area (Å²) in [5, 5.41) is 4.08. The van der Waals surface area contributed by atoms with Gasteiger partial charge in [-0.25, -0.2) is 0 Å². The molecule has 0 saturated heterocycles. The van der Waals surface area contributed by atoms with Gasteiger partial charge in [-0.1, -0.05) is 23.5 Å². The van der Waals surface area contributed by atoms with E-state index in [1.165, 1.54) is 11.5 Å². The summed E-state index contributed by atoms with van der Waals surface area (Å²) in [6.07, 6.45) is 0.851. The van der Waals surface area contributed by atoms with Gasteiger partial charge >= 0.3 is 0 Å². The summed E-state index contributed by atoms with van der Waals surface area (Å²) in [5.74, 6) is 0.813. The van der Waals surface area contributed by atoms with Crippen molar-refractivity contribution in [1.29, 1.82) is 0 Å². The quantitative estimate of drug-likeness (QED) is 0.902. The predicted octanol–water partition coefficient (Wildman–Crippen LogP) is 2.16. The summed E-state index contributed by atoms with van der Waals surface area (Å²) in [7, 11) is 1.65. The second-order valence-corrected chi connectivity index (χ2v) is 4.48. The lowest BCUT2D eigenvalue weighted by Gasteiger charge is -2.11. The van der Waals surface area contributed by atoms with Crippen LogP contribution in [-0.2, 0) is 6.42 Å². The fraction of sp³-hybridized carbons (Fsp3) is 0.333. The van der Waals surface area contributed by atoms with Crippen LogP contribution >= 0.6 is 11.5 Å². The molecular formula is C12H15N3OS. The maximum absolute atomic E-state index is 6.24. The zero-order chi connectivity index (χ0) is 12.3. The van der Waals surface area contributed by atoms with E-state index in [2.05, 4.69) is 16.5 Å². The van der Waals surface area contributed by atoms with Crippen LogP contribution in [0.2, 0.25) is 0 Å². The number of rotatable bonds is 4. The van der Waals surface area contributed by atoms with E-state index in [0.717, 1.165) is 28.3 Å². The first kappa shape index (κ1) is 12.0. The first-order valence-electron chi connectivity index (χ1n) is 5.47. The van der Waals surface area contributed by atoms with Crippen LogP contribution in [0.15, 0.2) is 24.3 Å². The molecule has 0 bridgehead atoms. The number of nitrogens with two attached hydrogens (primary N) is 1. The van der Waals surface area contributed by atoms with Gasteiger partial charge in [0.05, 0.1) is 23.7 Å². The van der Waals surface area contributed by atoms with Gasteiger partial charge in [0.25, 0.3) is 0 Å². The van der Waals surface area contributed by atoms with Crippen LogP contribution in [0.3, 0.4) is 0 Å². The molecule has 2 aromatic rings. The number of hydrogen-bond donors (Lipinski definition) is 1. The summed E-state index contributed by atoms with van der Waals surface area (Å²) in [5.41, 5.74) is 8.23. The highest BCUT2D eigenvalue weighted by atomic mass is 32.1. The fourth-order valence-electron chi connectivity index (χ4n) is 1.68. The molecule has 0 aliphatic rings. The Morgan fingerprint density at radius 3 is 3.00 bits per heavy atom. The van der Waals surface area contributed by atoms with Crippen molar-refractivity contribution in [2.24, 2.45) is 5.73 Å². The second kappa shape index (κ2) is 5.25. The SMILES string of the molecule is CCc1nnsc1C(N)c1cccc(OC)c1. The molecule has 1 aromatic carbocycles. The Morgan fingerprint density at radius 2 is 2.29 bits per heavy atom. The molecule has 2 N–H and O–H groups in total. The van der Waals surface area contributed by atoms with Gasteiger partial charge < -0.3 is 10.5 Å². The Bertz CT molecular complexity index is 498. The molecule has 1 unspecified atom stereocenters. The molecule has 1 heterocycles. The Hall–Kier alpha value is -1.46. The smallest absolute Gasteiger partial charge is 0.119 e. The number of methoxy groups -OCH3 is 1. The molecule has 1 atom stereocenters. The van der Waals surface area contributed by atoms with E-state index in [1.54, 1.807) is 7.11 Å². The van der Waals surface area contributed by atoms with Crippen LogP contribution in [-0.4, -0.2) is 16.7 Å². The molecule has 0 spiro atoms. The number of aryl methyl sites for hydroxylation is 1. The molecule has 0 aliphatic carbocycles. The van der Waals surface area contributed by atoms with E-state index < -0.39 is 0 Å². The second-order valence-electron chi connectivity index (χ2n) is 3.69. The minimum atomic E-state index is -0.181. The van der Waals surface area contributed by atoms with Crippen molar-refractivity contribution >= 4 is 11.5 Å². The van der Waals surface area contributed by atoms with Crippen molar-refractivity contribution in [2.45, 2.75) is 19.4 Å². The van der Waals surface area contributed by atoms with Gasteiger partial charge in [-0.3, -0.25) is 0 Å². The van der Waals surface area contributed by atoms with E-state index in [0.29, 0.717) is 0 Å². The first-order chi connectivity index (χ1) is 8.26. The van der Waals surface area contributed by atoms with Gasteiger partial charge in [0.1, 0.15) is 5.75 Å². The van der Waals surface area contributed by atoms with Gasteiger partial charge in [-0.15, -0.1) is 5.10 Å². The average Bonchev–Trinajstić information content (AvgIpc) is 2.86. The fourth-order valence-corrected chi connectivity index (χ4v) is 2.45. The van der Waals surface area contributed by atoms with Crippen LogP contribution in [0.4, 0.5) is 0 Å². The molecule has 2 rings (SSSR count). The van der Waals surface area contributed by atoms with E-state index >= 15 is 0 Å². The van der Waals surface area contributed by atoms with Gasteiger partial charge in [0, 0.05) is 0 Å². The molecule has 0 amide bonds. The van der Waals surface area contributed by atoms with Crippen LogP contribution in [0.5, 0.6) is 5.75 Å². The monoisotopic (exact) mass is 249 g/mol. The Kier molecular flexibility index (Phi) is 3.71. The largest absolute Gasteiger partial charge is 0.497 e. The maximum atomic E-state index is 6.24. The lowest BCUT2D eigenvalue weighted by molar-refractivity contribution is 0.414. The maximum Gasteiger partial charge on any atom is 0.119 e. The van der Waals surface area contributed by atoms with E-state index in [9.17, 15) is 0 Å². The van der Waals surface area contributed by atoms with Gasteiger partial charge in [0.15, 0.2) is 0 Å². The summed E-state index contributed by atoms with van der Waals surface area (Å²) < 4.78 is 9.16. The third-order valence-electron chi connectivity index (χ3n) is 2.66. The summed E-state index contributed by atoms with van der Waals surface area (Å²) in [6, 6.07) is 7.60. The Morgan fingerprint density at radius 1 is 1.47 bits per heavy atom. The van der Waals surface area contributed by atoms with Crippen molar-refractivity contribution in [3.05, 3.63) is 40.4 Å². The summed E-state index contributed by atoms with van der Waals surface area (Å²) in [6.45, 7) is 2.05. The topological polar surface area (TPSA) is 61.0 Å². The van der Waals surface area contributed by atoms with Crippen molar-refractivity contribution < 1.29 is 4.74 Å². The number of ether oxygens (including phenoxy) is 1. The zero-order valence-electron chi connectivity index (χ0n) is 9.88. The lowest BCUT2D eigenvalue weighted by Crippen LogP contribution is -2.12. The predicted molar refractivity (Wildman–Crippen MR) is 68.3 cm³/mol. The minimum absolute atomic E-state index is 0.181. The number of hydrogen-bond acceptors (Lipinski definition) is 5. The third kappa shape index (κ3) is 2.45. The molecule has 0 aliphatic heterocycles. The first-order valence-corrected chi connectivity index (χ1v) is 6.24. The molecule has 0 radical (unpaired) electrons. The van der Waals surface area contributed by atoms with Gasteiger partial charge in [-0.05, 0) is 35.6 Å². The Labute approximate surface area is 105 Å². The van der Waals surface area contributed by atoms with Crippen LogP contribution < -0.4 is 10.5 Å². The molecule has 4 nitrogen and oxygen atoms in total. The highest BCUT2D eigenvalue weighted by Crippen LogP contribution is 2.27.